The number of aryl methyl sites for hydroxylation is 1. The fourth-order valence-corrected chi connectivity index (χ4v) is 4.54. The molecule has 0 aliphatic rings. The lowest BCUT2D eigenvalue weighted by Gasteiger charge is -2.35. The van der Waals surface area contributed by atoms with E-state index in [4.69, 9.17) is 10.7 Å². The van der Waals surface area contributed by atoms with Gasteiger partial charge >= 0.3 is 12.3 Å². The van der Waals surface area contributed by atoms with E-state index in [-0.39, 0.29) is 36.4 Å². The van der Waals surface area contributed by atoms with Crippen LogP contribution in [0.4, 0.5) is 8.78 Å². The molecule has 0 aliphatic heterocycles. The summed E-state index contributed by atoms with van der Waals surface area (Å²) in [5.74, 6) is -0.506. The molecular weight excluding hydrogens is 542 g/mol. The topological polar surface area (TPSA) is 108 Å². The standard InChI is InChI=1S/C28H32F2N6O3.ClH/c1-18(2)24(34(15-7-14-31)26(37)21-12-10-19(3)11-13-21)25-32-22-16-23(39-27(29)30)33-36(22)28(38)35(25)17-20-8-5-4-6-9-20;/h4-6,8-13,16,18,24,27H,7,14-15,17,31H2,1-3H3;1H. The third kappa shape index (κ3) is 6.83. The highest BCUT2D eigenvalue weighted by Crippen LogP contribution is 2.30. The lowest BCUT2D eigenvalue weighted by molar-refractivity contribution is -0.0530. The summed E-state index contributed by atoms with van der Waals surface area (Å²) in [7, 11) is 0. The van der Waals surface area contributed by atoms with Gasteiger partial charge in [0.25, 0.3) is 5.91 Å². The largest absolute Gasteiger partial charge is 0.415 e. The molecule has 4 aromatic rings. The molecule has 2 aromatic carbocycles. The number of hydrogen-bond donors (Lipinski definition) is 1. The average Bonchev–Trinajstić information content (AvgIpc) is 3.30. The van der Waals surface area contributed by atoms with E-state index in [1.807, 2.05) is 63.2 Å². The predicted octanol–water partition coefficient (Wildman–Crippen LogP) is 4.46. The van der Waals surface area contributed by atoms with Crippen molar-refractivity contribution >= 4 is 24.0 Å². The molecule has 12 heteroatoms. The quantitative estimate of drug-likeness (QED) is 0.283. The smallest absolute Gasteiger partial charge is 0.388 e. The van der Waals surface area contributed by atoms with Crippen LogP contribution in [-0.2, 0) is 6.54 Å². The minimum atomic E-state index is -3.11. The van der Waals surface area contributed by atoms with E-state index in [2.05, 4.69) is 9.84 Å². The Hall–Kier alpha value is -3.83. The summed E-state index contributed by atoms with van der Waals surface area (Å²) in [5, 5.41) is 3.91. The van der Waals surface area contributed by atoms with E-state index in [0.29, 0.717) is 30.9 Å². The van der Waals surface area contributed by atoms with Gasteiger partial charge in [-0.2, -0.15) is 13.3 Å². The summed E-state index contributed by atoms with van der Waals surface area (Å²) in [4.78, 5) is 34.0. The Balaban J connectivity index is 0.00000441. The summed E-state index contributed by atoms with van der Waals surface area (Å²) in [6.07, 6.45) is 0.533. The monoisotopic (exact) mass is 574 g/mol. The molecule has 40 heavy (non-hydrogen) atoms. The Morgan fingerprint density at radius 1 is 1.10 bits per heavy atom. The third-order valence-corrected chi connectivity index (χ3v) is 6.37. The van der Waals surface area contributed by atoms with Crippen molar-refractivity contribution in [3.8, 4) is 5.88 Å². The van der Waals surface area contributed by atoms with Crippen molar-refractivity contribution in [2.75, 3.05) is 13.1 Å². The fraction of sp³-hybridized carbons (Fsp3) is 0.357. The maximum Gasteiger partial charge on any atom is 0.388 e. The number of nitrogens with two attached hydrogens (primary N) is 1. The summed E-state index contributed by atoms with van der Waals surface area (Å²) in [5.41, 5.74) is 7.62. The van der Waals surface area contributed by atoms with Crippen molar-refractivity contribution in [3.05, 3.63) is 93.7 Å². The predicted molar refractivity (Wildman–Crippen MR) is 150 cm³/mol. The Morgan fingerprint density at radius 3 is 2.38 bits per heavy atom. The molecular formula is C28H33ClF2N6O3. The van der Waals surface area contributed by atoms with Gasteiger partial charge in [0, 0.05) is 18.2 Å². The minimum Gasteiger partial charge on any atom is -0.415 e. The first-order chi connectivity index (χ1) is 18.7. The van der Waals surface area contributed by atoms with Gasteiger partial charge in [0.2, 0.25) is 5.88 Å². The van der Waals surface area contributed by atoms with Gasteiger partial charge < -0.3 is 15.4 Å². The third-order valence-electron chi connectivity index (χ3n) is 6.37. The molecule has 9 nitrogen and oxygen atoms in total. The number of fused-ring (bicyclic) bond motifs is 1. The molecule has 1 unspecified atom stereocenters. The highest BCUT2D eigenvalue weighted by atomic mass is 35.5. The normalized spacial score (nSPS) is 12.0. The lowest BCUT2D eigenvalue weighted by atomic mass is 9.99. The molecule has 4 rings (SSSR count). The van der Waals surface area contributed by atoms with E-state index in [9.17, 15) is 18.4 Å². The first-order valence-electron chi connectivity index (χ1n) is 12.8. The number of amides is 1. The molecule has 2 heterocycles. The van der Waals surface area contributed by atoms with Gasteiger partial charge in [-0.05, 0) is 43.5 Å². The number of halogens is 3. The first kappa shape index (κ1) is 30.7. The summed E-state index contributed by atoms with van der Waals surface area (Å²) in [6.45, 7) is 3.54. The second-order valence-corrected chi connectivity index (χ2v) is 9.65. The highest BCUT2D eigenvalue weighted by molar-refractivity contribution is 5.94. The molecule has 0 fully saturated rings. The number of alkyl halides is 2. The zero-order valence-electron chi connectivity index (χ0n) is 22.5. The van der Waals surface area contributed by atoms with Gasteiger partial charge in [-0.1, -0.05) is 61.9 Å². The van der Waals surface area contributed by atoms with Crippen molar-refractivity contribution in [1.82, 2.24) is 24.1 Å². The summed E-state index contributed by atoms with van der Waals surface area (Å²) >= 11 is 0. The number of rotatable bonds is 11. The van der Waals surface area contributed by atoms with Gasteiger partial charge in [0.1, 0.15) is 5.82 Å². The Bertz CT molecular complexity index is 1480. The molecule has 0 radical (unpaired) electrons. The number of benzene rings is 2. The van der Waals surface area contributed by atoms with Crippen molar-refractivity contribution < 1.29 is 18.3 Å². The lowest BCUT2D eigenvalue weighted by Crippen LogP contribution is -2.43. The van der Waals surface area contributed by atoms with Gasteiger partial charge in [0.05, 0.1) is 12.6 Å². The van der Waals surface area contributed by atoms with Crippen LogP contribution in [0.15, 0.2) is 65.5 Å². The zero-order chi connectivity index (χ0) is 28.1. The number of nitrogens with zero attached hydrogens (tertiary/aromatic N) is 5. The van der Waals surface area contributed by atoms with Gasteiger partial charge in [0.15, 0.2) is 5.65 Å². The number of carbonyl (C=O) groups is 1. The summed E-state index contributed by atoms with van der Waals surface area (Å²) < 4.78 is 32.6. The minimum absolute atomic E-state index is 0. The number of ether oxygens (including phenoxy) is 1. The van der Waals surface area contributed by atoms with Crippen molar-refractivity contribution in [2.24, 2.45) is 11.7 Å². The Kier molecular flexibility index (Phi) is 10.4. The van der Waals surface area contributed by atoms with Crippen LogP contribution in [-0.4, -0.2) is 49.7 Å². The SMILES string of the molecule is Cc1ccc(C(=O)N(CCCN)C(c2nc3cc(OC(F)F)nn3c(=O)n2Cc2ccccc2)C(C)C)cc1.Cl. The molecule has 0 aliphatic carbocycles. The second-order valence-electron chi connectivity index (χ2n) is 9.65. The van der Waals surface area contributed by atoms with E-state index in [1.54, 1.807) is 17.0 Å². The molecule has 2 N–H and O–H groups in total. The number of hydrogen-bond acceptors (Lipinski definition) is 6. The van der Waals surface area contributed by atoms with E-state index in [1.165, 1.54) is 10.6 Å². The Labute approximate surface area is 237 Å². The van der Waals surface area contributed by atoms with Gasteiger partial charge in [-0.25, -0.2) is 9.78 Å². The van der Waals surface area contributed by atoms with Crippen molar-refractivity contribution in [2.45, 2.75) is 46.4 Å². The van der Waals surface area contributed by atoms with Crippen LogP contribution in [0.1, 0.15) is 53.6 Å². The second kappa shape index (κ2) is 13.5. The van der Waals surface area contributed by atoms with Gasteiger partial charge in [-0.3, -0.25) is 9.36 Å². The maximum absolute atomic E-state index is 13.9. The van der Waals surface area contributed by atoms with Gasteiger partial charge in [-0.15, -0.1) is 17.5 Å². The highest BCUT2D eigenvalue weighted by Gasteiger charge is 2.33. The van der Waals surface area contributed by atoms with Crippen LogP contribution in [0.5, 0.6) is 5.88 Å². The van der Waals surface area contributed by atoms with Crippen LogP contribution in [0.25, 0.3) is 5.65 Å². The Morgan fingerprint density at radius 2 is 1.77 bits per heavy atom. The zero-order valence-corrected chi connectivity index (χ0v) is 23.4. The van der Waals surface area contributed by atoms with Crippen LogP contribution in [0.2, 0.25) is 0 Å². The molecule has 2 aromatic heterocycles. The molecule has 1 amide bonds. The van der Waals surface area contributed by atoms with Crippen LogP contribution >= 0.6 is 12.4 Å². The summed E-state index contributed by atoms with van der Waals surface area (Å²) in [6, 6.07) is 17.1. The molecule has 214 valence electrons. The first-order valence-corrected chi connectivity index (χ1v) is 12.8. The molecule has 0 bridgehead atoms. The molecule has 0 saturated carbocycles. The van der Waals surface area contributed by atoms with E-state index >= 15 is 0 Å². The van der Waals surface area contributed by atoms with Crippen LogP contribution < -0.4 is 16.2 Å². The van der Waals surface area contributed by atoms with E-state index in [0.717, 1.165) is 15.6 Å². The molecule has 0 spiro atoms. The average molecular weight is 575 g/mol. The van der Waals surface area contributed by atoms with Crippen molar-refractivity contribution in [3.63, 3.8) is 0 Å². The maximum atomic E-state index is 13.9. The number of aromatic nitrogens is 4. The van der Waals surface area contributed by atoms with Crippen molar-refractivity contribution in [1.29, 1.82) is 0 Å². The van der Waals surface area contributed by atoms with E-state index < -0.39 is 24.2 Å². The van der Waals surface area contributed by atoms with Crippen LogP contribution in [0, 0.1) is 12.8 Å². The fourth-order valence-electron chi connectivity index (χ4n) is 4.54. The molecule has 1 atom stereocenters. The molecule has 0 saturated heterocycles. The van der Waals surface area contributed by atoms with Crippen LogP contribution in [0.3, 0.4) is 0 Å². The number of carbonyl (C=O) groups excluding carboxylic acids is 1.